The quantitative estimate of drug-likeness (QED) is 0.161. The molecule has 1 aliphatic rings. The van der Waals surface area contributed by atoms with Crippen molar-refractivity contribution >= 4 is 23.9 Å². The first-order valence-electron chi connectivity index (χ1n) is 15.3. The summed E-state index contributed by atoms with van der Waals surface area (Å²) in [5.41, 5.74) is 5.69. The van der Waals surface area contributed by atoms with Gasteiger partial charge in [0.05, 0.1) is 19.1 Å². The summed E-state index contributed by atoms with van der Waals surface area (Å²) in [6.07, 6.45) is -2.45. The van der Waals surface area contributed by atoms with Gasteiger partial charge < -0.3 is 30.0 Å². The van der Waals surface area contributed by atoms with E-state index in [1.54, 1.807) is 24.3 Å². The van der Waals surface area contributed by atoms with E-state index in [-0.39, 0.29) is 25.7 Å². The Bertz CT molecular complexity index is 1650. The van der Waals surface area contributed by atoms with Crippen molar-refractivity contribution in [2.24, 2.45) is 0 Å². The molecule has 3 N–H and O–H groups in total. The summed E-state index contributed by atoms with van der Waals surface area (Å²) in [5, 5.41) is 14.8. The van der Waals surface area contributed by atoms with Crippen LogP contribution in [0, 0.1) is 0 Å². The lowest BCUT2D eigenvalue weighted by atomic mass is 9.98. The van der Waals surface area contributed by atoms with Crippen molar-refractivity contribution in [1.29, 1.82) is 0 Å². The first-order chi connectivity index (χ1) is 22.8. The van der Waals surface area contributed by atoms with E-state index >= 15 is 0 Å². The van der Waals surface area contributed by atoms with Gasteiger partial charge in [0.1, 0.15) is 19.3 Å². The average Bonchev–Trinajstić information content (AvgIpc) is 3.41. The fourth-order valence-corrected chi connectivity index (χ4v) is 5.49. The molecular weight excluding hydrogens is 600 g/mol. The smallest absolute Gasteiger partial charge is 0.407 e. The van der Waals surface area contributed by atoms with Gasteiger partial charge in [0.15, 0.2) is 6.04 Å². The fourth-order valence-electron chi connectivity index (χ4n) is 5.49. The molecule has 0 aliphatic heterocycles. The molecule has 0 aromatic heterocycles. The van der Waals surface area contributed by atoms with Crippen LogP contribution < -0.4 is 10.6 Å². The maximum atomic E-state index is 13.5. The Morgan fingerprint density at radius 1 is 0.702 bits per heavy atom. The Morgan fingerprint density at radius 2 is 1.23 bits per heavy atom. The summed E-state index contributed by atoms with van der Waals surface area (Å²) in [6, 6.07) is 30.9. The zero-order chi connectivity index (χ0) is 33.2. The zero-order valence-corrected chi connectivity index (χ0v) is 25.8. The summed E-state index contributed by atoms with van der Waals surface area (Å²) in [5.74, 6) is -3.24. The molecule has 2 unspecified atom stereocenters. The number of benzene rings is 4. The molecule has 3 atom stereocenters. The molecular formula is C37H36N2O8. The number of hydrogen-bond donors (Lipinski definition) is 3. The van der Waals surface area contributed by atoms with E-state index in [0.717, 1.165) is 33.4 Å². The highest BCUT2D eigenvalue weighted by Gasteiger charge is 2.34. The van der Waals surface area contributed by atoms with Gasteiger partial charge in [-0.05, 0) is 40.3 Å². The molecule has 0 saturated carbocycles. The second-order valence-electron chi connectivity index (χ2n) is 11.2. The summed E-state index contributed by atoms with van der Waals surface area (Å²) >= 11 is 0. The minimum atomic E-state index is -1.49. The van der Waals surface area contributed by atoms with Gasteiger partial charge in [-0.3, -0.25) is 9.59 Å². The third-order valence-corrected chi connectivity index (χ3v) is 7.95. The van der Waals surface area contributed by atoms with E-state index in [9.17, 15) is 24.3 Å². The lowest BCUT2D eigenvalue weighted by Crippen LogP contribution is -2.55. The van der Waals surface area contributed by atoms with Crippen LogP contribution in [-0.4, -0.2) is 53.8 Å². The Hall–Kier alpha value is -5.48. The van der Waals surface area contributed by atoms with Crippen molar-refractivity contribution < 1.29 is 38.5 Å². The number of ether oxygens (including phenoxy) is 3. The fraction of sp³-hybridized carbons (Fsp3) is 0.243. The highest BCUT2D eigenvalue weighted by atomic mass is 16.6. The molecule has 0 saturated heterocycles. The van der Waals surface area contributed by atoms with Gasteiger partial charge in [-0.15, -0.1) is 0 Å². The van der Waals surface area contributed by atoms with E-state index in [0.29, 0.717) is 0 Å². The number of rotatable bonds is 14. The standard InChI is InChI=1S/C37H36N2O8/c1-24(45-21-25-12-4-2-5-13-25)34(36(42)43)39-35(41)32(20-33(40)46-22-26-14-6-3-7-15-26)38-37(44)47-23-31-29-18-10-8-16-27(29)28-17-9-11-19-30(28)31/h2-19,24,31-32,34H,20-23H2,1H3,(H,38,44)(H,39,41)(H,42,43)/t24?,32-,34?/m0/s1. The molecule has 10 heteroatoms. The molecule has 242 valence electrons. The highest BCUT2D eigenvalue weighted by molar-refractivity contribution is 5.92. The number of nitrogens with one attached hydrogen (secondary N) is 2. The number of carboxylic acid groups (broad SMARTS) is 1. The van der Waals surface area contributed by atoms with Crippen LogP contribution >= 0.6 is 0 Å². The minimum Gasteiger partial charge on any atom is -0.480 e. The van der Waals surface area contributed by atoms with Crippen molar-refractivity contribution in [3.8, 4) is 11.1 Å². The Labute approximate surface area is 272 Å². The normalized spacial score (nSPS) is 13.7. The summed E-state index contributed by atoms with van der Waals surface area (Å²) in [4.78, 5) is 51.6. The molecule has 0 fully saturated rings. The van der Waals surface area contributed by atoms with Crippen LogP contribution in [0.4, 0.5) is 4.79 Å². The molecule has 2 amide bonds. The number of fused-ring (bicyclic) bond motifs is 3. The van der Waals surface area contributed by atoms with Gasteiger partial charge in [0.25, 0.3) is 0 Å². The van der Waals surface area contributed by atoms with E-state index < -0.39 is 48.5 Å². The summed E-state index contributed by atoms with van der Waals surface area (Å²) in [6.45, 7) is 1.58. The Kier molecular flexibility index (Phi) is 11.0. The average molecular weight is 637 g/mol. The number of carboxylic acids is 1. The topological polar surface area (TPSA) is 140 Å². The molecule has 10 nitrogen and oxygen atoms in total. The highest BCUT2D eigenvalue weighted by Crippen LogP contribution is 2.44. The largest absolute Gasteiger partial charge is 0.480 e. The lowest BCUT2D eigenvalue weighted by molar-refractivity contribution is -0.148. The van der Waals surface area contributed by atoms with Crippen LogP contribution in [-0.2, 0) is 41.8 Å². The van der Waals surface area contributed by atoms with Crippen molar-refractivity contribution in [2.75, 3.05) is 6.61 Å². The number of aliphatic carboxylic acids is 1. The Morgan fingerprint density at radius 3 is 1.81 bits per heavy atom. The van der Waals surface area contributed by atoms with Gasteiger partial charge in [-0.25, -0.2) is 9.59 Å². The molecule has 5 rings (SSSR count). The SMILES string of the molecule is CC(OCc1ccccc1)C(NC(=O)[C@H](CC(=O)OCc1ccccc1)NC(=O)OCC1c2ccccc2-c2ccccc21)C(=O)O. The minimum absolute atomic E-state index is 0.0191. The molecule has 0 bridgehead atoms. The second kappa shape index (κ2) is 15.7. The molecule has 0 heterocycles. The van der Waals surface area contributed by atoms with E-state index in [1.807, 2.05) is 84.9 Å². The van der Waals surface area contributed by atoms with Gasteiger partial charge >= 0.3 is 18.0 Å². The molecule has 47 heavy (non-hydrogen) atoms. The molecule has 4 aromatic rings. The zero-order valence-electron chi connectivity index (χ0n) is 25.8. The maximum absolute atomic E-state index is 13.5. The van der Waals surface area contributed by atoms with Crippen LogP contribution in [0.25, 0.3) is 11.1 Å². The monoisotopic (exact) mass is 636 g/mol. The van der Waals surface area contributed by atoms with Gasteiger partial charge in [-0.1, -0.05) is 109 Å². The second-order valence-corrected chi connectivity index (χ2v) is 11.2. The predicted octanol–water partition coefficient (Wildman–Crippen LogP) is 5.20. The number of carbonyl (C=O) groups excluding carboxylic acids is 3. The maximum Gasteiger partial charge on any atom is 0.407 e. The van der Waals surface area contributed by atoms with Crippen molar-refractivity contribution in [3.05, 3.63) is 131 Å². The number of amides is 2. The number of esters is 1. The van der Waals surface area contributed by atoms with E-state index in [2.05, 4.69) is 10.6 Å². The van der Waals surface area contributed by atoms with Crippen LogP contribution in [0.15, 0.2) is 109 Å². The Balaban J connectivity index is 1.25. The molecule has 0 spiro atoms. The number of hydrogen-bond acceptors (Lipinski definition) is 7. The third kappa shape index (κ3) is 8.62. The first-order valence-corrected chi connectivity index (χ1v) is 15.3. The molecule has 1 aliphatic carbocycles. The summed E-state index contributed by atoms with van der Waals surface area (Å²) < 4.78 is 16.7. The lowest BCUT2D eigenvalue weighted by Gasteiger charge is -2.25. The summed E-state index contributed by atoms with van der Waals surface area (Å²) in [7, 11) is 0. The van der Waals surface area contributed by atoms with Crippen LogP contribution in [0.3, 0.4) is 0 Å². The van der Waals surface area contributed by atoms with Crippen LogP contribution in [0.5, 0.6) is 0 Å². The van der Waals surface area contributed by atoms with Crippen molar-refractivity contribution in [2.45, 2.75) is 50.7 Å². The third-order valence-electron chi connectivity index (χ3n) is 7.95. The van der Waals surface area contributed by atoms with Gasteiger partial charge in [0.2, 0.25) is 5.91 Å². The molecule has 0 radical (unpaired) electrons. The van der Waals surface area contributed by atoms with Crippen LogP contribution in [0.2, 0.25) is 0 Å². The first kappa shape index (κ1) is 32.9. The number of carbonyl (C=O) groups is 4. The number of alkyl carbamates (subject to hydrolysis) is 1. The predicted molar refractivity (Wildman–Crippen MR) is 173 cm³/mol. The van der Waals surface area contributed by atoms with Crippen LogP contribution in [0.1, 0.15) is 41.5 Å². The van der Waals surface area contributed by atoms with E-state index in [1.165, 1.54) is 6.92 Å². The van der Waals surface area contributed by atoms with Crippen molar-refractivity contribution in [3.63, 3.8) is 0 Å². The van der Waals surface area contributed by atoms with Gasteiger partial charge in [0, 0.05) is 5.92 Å². The van der Waals surface area contributed by atoms with E-state index in [4.69, 9.17) is 14.2 Å². The van der Waals surface area contributed by atoms with Gasteiger partial charge in [-0.2, -0.15) is 0 Å². The molecule has 4 aromatic carbocycles. The van der Waals surface area contributed by atoms with Crippen molar-refractivity contribution in [1.82, 2.24) is 10.6 Å².